The minimum absolute atomic E-state index is 1.09. The molecule has 1 aliphatic rings. The van der Waals surface area contributed by atoms with Crippen molar-refractivity contribution in [3.63, 3.8) is 0 Å². The van der Waals surface area contributed by atoms with Crippen LogP contribution in [0.1, 0.15) is 42.7 Å². The maximum atomic E-state index is 4.64. The van der Waals surface area contributed by atoms with Crippen LogP contribution in [0.25, 0.3) is 27.8 Å². The summed E-state index contributed by atoms with van der Waals surface area (Å²) in [5.74, 6) is 0. The number of nitrogens with zero attached hydrogens (tertiary/aromatic N) is 2. The second-order valence-corrected chi connectivity index (χ2v) is 9.17. The summed E-state index contributed by atoms with van der Waals surface area (Å²) in [5, 5.41) is 4.13. The van der Waals surface area contributed by atoms with Crippen molar-refractivity contribution in [3.05, 3.63) is 83.6 Å². The van der Waals surface area contributed by atoms with Crippen LogP contribution >= 0.6 is 11.6 Å². The summed E-state index contributed by atoms with van der Waals surface area (Å²) >= 11 is 4.64. The van der Waals surface area contributed by atoms with Gasteiger partial charge in [-0.1, -0.05) is 50.8 Å². The zero-order valence-electron chi connectivity index (χ0n) is 23.3. The number of fused-ring (bicyclic) bond motifs is 4. The van der Waals surface area contributed by atoms with E-state index in [1.807, 2.05) is 19.9 Å². The first-order valence-corrected chi connectivity index (χ1v) is 13.7. The fourth-order valence-electron chi connectivity index (χ4n) is 4.67. The Morgan fingerprint density at radius 1 is 1.03 bits per heavy atom. The van der Waals surface area contributed by atoms with Crippen LogP contribution in [-0.4, -0.2) is 50.5 Å². The number of hydrogen-bond donors (Lipinski definition) is 1. The highest BCUT2D eigenvalue weighted by molar-refractivity contribution is 6.15. The van der Waals surface area contributed by atoms with Crippen molar-refractivity contribution < 1.29 is 0 Å². The van der Waals surface area contributed by atoms with Gasteiger partial charge in [0, 0.05) is 42.3 Å². The fourth-order valence-corrected chi connectivity index (χ4v) is 4.67. The summed E-state index contributed by atoms with van der Waals surface area (Å²) in [5.41, 5.74) is 8.03. The van der Waals surface area contributed by atoms with Gasteiger partial charge < -0.3 is 14.8 Å². The largest absolute Gasteiger partial charge is 0.374 e. The van der Waals surface area contributed by atoms with E-state index < -0.39 is 0 Å². The molecule has 1 aromatic heterocycles. The van der Waals surface area contributed by atoms with Gasteiger partial charge in [0.1, 0.15) is 0 Å². The third-order valence-corrected chi connectivity index (χ3v) is 6.44. The van der Waals surface area contributed by atoms with Crippen LogP contribution in [0, 0.1) is 6.92 Å². The fraction of sp³-hybridized carbons (Fsp3) is 0.375. The van der Waals surface area contributed by atoms with Crippen molar-refractivity contribution >= 4 is 45.0 Å². The standard InChI is InChI=1S/C15H20N2.C14H15N.C2H6.CH3Cl/c1-4-14-11-13-10-12(6-5-9-17(2)3)7-8-15(13)16-14;1-10-9-14-13(7-8-15(14)2)12-6-4-3-5-11(10)12;2*1-2/h4,7-8,10-11,16H,1,5-6,9H2,2-3H3;3-6,9H,7-8H2,1-2H3;1-2H3;1H3. The third kappa shape index (κ3) is 7.38. The zero-order valence-corrected chi connectivity index (χ0v) is 24.0. The van der Waals surface area contributed by atoms with Gasteiger partial charge in [-0.05, 0) is 105 Å². The summed E-state index contributed by atoms with van der Waals surface area (Å²) in [6, 6.07) is 19.9. The number of halogens is 1. The van der Waals surface area contributed by atoms with E-state index in [1.165, 1.54) is 63.3 Å². The van der Waals surface area contributed by atoms with E-state index >= 15 is 0 Å². The second kappa shape index (κ2) is 14.7. The molecule has 0 amide bonds. The lowest BCUT2D eigenvalue weighted by Gasteiger charge is -2.14. The topological polar surface area (TPSA) is 22.3 Å². The Kier molecular flexibility index (Phi) is 12.1. The van der Waals surface area contributed by atoms with Crippen LogP contribution in [-0.2, 0) is 12.8 Å². The number of alkyl halides is 1. The number of benzene rings is 3. The Labute approximate surface area is 223 Å². The smallest absolute Gasteiger partial charge is 0.0458 e. The van der Waals surface area contributed by atoms with Crippen molar-refractivity contribution in [1.29, 1.82) is 0 Å². The molecule has 3 aromatic carbocycles. The molecule has 0 aliphatic carbocycles. The number of nitrogens with one attached hydrogen (secondary N) is 1. The molecule has 4 aromatic rings. The molecule has 5 rings (SSSR count). The van der Waals surface area contributed by atoms with Crippen LogP contribution in [0.4, 0.5) is 5.69 Å². The number of likely N-dealkylation sites (N-methyl/N-ethyl adjacent to an activating group) is 1. The molecule has 0 fully saturated rings. The average Bonchev–Trinajstić information content (AvgIpc) is 3.50. The lowest BCUT2D eigenvalue weighted by atomic mass is 9.98. The van der Waals surface area contributed by atoms with Crippen molar-refractivity contribution in [1.82, 2.24) is 9.88 Å². The van der Waals surface area contributed by atoms with Gasteiger partial charge in [-0.15, -0.1) is 11.6 Å². The number of H-pyrrole nitrogens is 1. The summed E-state index contributed by atoms with van der Waals surface area (Å²) in [6.45, 7) is 12.3. The molecule has 0 atom stereocenters. The molecule has 0 bridgehead atoms. The predicted octanol–water partition coefficient (Wildman–Crippen LogP) is 8.33. The maximum Gasteiger partial charge on any atom is 0.0458 e. The Morgan fingerprint density at radius 3 is 2.39 bits per heavy atom. The van der Waals surface area contributed by atoms with Crippen molar-refractivity contribution in [2.45, 2.75) is 40.0 Å². The zero-order chi connectivity index (χ0) is 26.7. The Hall–Kier alpha value is -2.75. The van der Waals surface area contributed by atoms with Gasteiger partial charge in [0.25, 0.3) is 0 Å². The highest BCUT2D eigenvalue weighted by atomic mass is 35.5. The molecule has 1 aliphatic heterocycles. The number of hydrogen-bond acceptors (Lipinski definition) is 2. The first-order chi connectivity index (χ1) is 17.5. The van der Waals surface area contributed by atoms with Gasteiger partial charge in [-0.2, -0.15) is 0 Å². The molecule has 0 saturated heterocycles. The van der Waals surface area contributed by atoms with Gasteiger partial charge in [-0.3, -0.25) is 0 Å². The number of rotatable bonds is 5. The van der Waals surface area contributed by atoms with Gasteiger partial charge in [-0.25, -0.2) is 0 Å². The minimum atomic E-state index is 1.09. The molecule has 0 spiro atoms. The van der Waals surface area contributed by atoms with E-state index in [-0.39, 0.29) is 0 Å². The number of aromatic amines is 1. The van der Waals surface area contributed by atoms with E-state index in [2.05, 4.69) is 116 Å². The highest BCUT2D eigenvalue weighted by Gasteiger charge is 2.18. The van der Waals surface area contributed by atoms with Gasteiger partial charge in [0.15, 0.2) is 0 Å². The molecule has 0 radical (unpaired) electrons. The quantitative estimate of drug-likeness (QED) is 0.275. The molecule has 194 valence electrons. The van der Waals surface area contributed by atoms with E-state index in [0.717, 1.165) is 25.2 Å². The highest BCUT2D eigenvalue weighted by Crippen LogP contribution is 2.35. The lowest BCUT2D eigenvalue weighted by molar-refractivity contribution is 0.400. The lowest BCUT2D eigenvalue weighted by Crippen LogP contribution is -2.13. The maximum absolute atomic E-state index is 4.64. The molecule has 4 heteroatoms. The van der Waals surface area contributed by atoms with Crippen LogP contribution in [0.5, 0.6) is 0 Å². The number of anilines is 1. The van der Waals surface area contributed by atoms with Crippen LogP contribution < -0.4 is 4.90 Å². The monoisotopic (exact) mass is 505 g/mol. The second-order valence-electron chi connectivity index (χ2n) is 9.17. The molecule has 36 heavy (non-hydrogen) atoms. The molecule has 3 nitrogen and oxygen atoms in total. The van der Waals surface area contributed by atoms with E-state index in [1.54, 1.807) is 0 Å². The normalized spacial score (nSPS) is 11.8. The van der Waals surface area contributed by atoms with Crippen molar-refractivity contribution in [2.75, 3.05) is 45.5 Å². The first-order valence-electron chi connectivity index (χ1n) is 12.9. The van der Waals surface area contributed by atoms with Crippen molar-refractivity contribution in [2.24, 2.45) is 0 Å². The summed E-state index contributed by atoms with van der Waals surface area (Å²) in [6.07, 6.45) is 6.86. The van der Waals surface area contributed by atoms with Crippen LogP contribution in [0.2, 0.25) is 0 Å². The van der Waals surface area contributed by atoms with Gasteiger partial charge >= 0.3 is 0 Å². The molecule has 0 saturated carbocycles. The summed E-state index contributed by atoms with van der Waals surface area (Å²) in [7, 11) is 6.41. The Bertz CT molecular complexity index is 1240. The molecular formula is C32H44ClN3. The number of aromatic nitrogens is 1. The SMILES string of the molecule is C=Cc1cc2cc(CCCN(C)C)ccc2[nH]1.CC.CCl.Cc1cc2c(c3ccccc13)CCN2C. The van der Waals surface area contributed by atoms with E-state index in [0.29, 0.717) is 0 Å². The number of aryl methyl sites for hydroxylation is 2. The Morgan fingerprint density at radius 2 is 1.72 bits per heavy atom. The van der Waals surface area contributed by atoms with Crippen molar-refractivity contribution in [3.8, 4) is 0 Å². The van der Waals surface area contributed by atoms with Crippen LogP contribution in [0.15, 0.2) is 61.2 Å². The van der Waals surface area contributed by atoms with Gasteiger partial charge in [0.05, 0.1) is 0 Å². The molecule has 2 heterocycles. The summed E-state index contributed by atoms with van der Waals surface area (Å²) in [4.78, 5) is 7.90. The average molecular weight is 506 g/mol. The molecular weight excluding hydrogens is 462 g/mol. The molecule has 1 N–H and O–H groups in total. The predicted molar refractivity (Wildman–Crippen MR) is 164 cm³/mol. The molecule has 0 unspecified atom stereocenters. The van der Waals surface area contributed by atoms with E-state index in [4.69, 9.17) is 0 Å². The van der Waals surface area contributed by atoms with Crippen LogP contribution in [0.3, 0.4) is 0 Å². The Balaban J connectivity index is 0.000000224. The first kappa shape index (κ1) is 29.5. The minimum Gasteiger partial charge on any atom is -0.374 e. The van der Waals surface area contributed by atoms with E-state index in [9.17, 15) is 0 Å². The summed E-state index contributed by atoms with van der Waals surface area (Å²) < 4.78 is 0. The van der Waals surface area contributed by atoms with Gasteiger partial charge in [0.2, 0.25) is 0 Å². The third-order valence-electron chi connectivity index (χ3n) is 6.44.